The Morgan fingerprint density at radius 2 is 2.00 bits per heavy atom. The molecular formula is C25H31ClN6O. The molecule has 3 heterocycles. The fourth-order valence-electron chi connectivity index (χ4n) is 5.04. The van der Waals surface area contributed by atoms with Crippen molar-refractivity contribution in [3.8, 4) is 0 Å². The minimum Gasteiger partial charge on any atom is -0.349 e. The van der Waals surface area contributed by atoms with Crippen molar-refractivity contribution >= 4 is 29.1 Å². The number of halogens is 1. The number of anilines is 2. The quantitative estimate of drug-likeness (QED) is 0.675. The molecule has 1 saturated heterocycles. The van der Waals surface area contributed by atoms with Crippen LogP contribution in [0.3, 0.4) is 0 Å². The molecular weight excluding hydrogens is 436 g/mol. The van der Waals surface area contributed by atoms with E-state index in [-0.39, 0.29) is 23.8 Å². The van der Waals surface area contributed by atoms with Crippen molar-refractivity contribution in [2.45, 2.75) is 57.2 Å². The van der Waals surface area contributed by atoms with Gasteiger partial charge in [0.15, 0.2) is 0 Å². The summed E-state index contributed by atoms with van der Waals surface area (Å²) in [5.41, 5.74) is 2.15. The first-order chi connectivity index (χ1) is 15.9. The van der Waals surface area contributed by atoms with Gasteiger partial charge in [-0.1, -0.05) is 50.6 Å². The molecule has 2 N–H and O–H groups in total. The number of nitrogens with zero attached hydrogens (tertiary/aromatic N) is 4. The van der Waals surface area contributed by atoms with Crippen LogP contribution in [0, 0.1) is 0 Å². The van der Waals surface area contributed by atoms with Gasteiger partial charge in [0, 0.05) is 42.2 Å². The first-order valence-electron chi connectivity index (χ1n) is 11.8. The second-order valence-electron chi connectivity index (χ2n) is 9.51. The number of rotatable bonds is 6. The molecule has 5 rings (SSSR count). The smallest absolute Gasteiger partial charge is 0.231 e. The van der Waals surface area contributed by atoms with Gasteiger partial charge in [-0.05, 0) is 30.3 Å². The number of fused-ring (bicyclic) bond motifs is 2. The zero-order chi connectivity index (χ0) is 23.1. The van der Waals surface area contributed by atoms with Gasteiger partial charge in [-0.15, -0.1) is 0 Å². The lowest BCUT2D eigenvalue weighted by molar-refractivity contribution is -0.133. The lowest BCUT2D eigenvalue weighted by atomic mass is 9.96. The standard InChI is InChI=1S/C25H31ClN6O/c1-15(2)28-13-19(17-4-6-18(26)7-5-17)25(33)32-11-10-31(20-12-21(20)32)24-22-16(3)8-9-27-23(22)29-14-30-24/h4-9,14-16,19-21,28H,10-13H2,1-3H3,(H,27,29,30)/t16-,19-,20+,21-/m1/s1. The van der Waals surface area contributed by atoms with E-state index in [1.54, 1.807) is 6.33 Å². The molecule has 0 unspecified atom stereocenters. The van der Waals surface area contributed by atoms with Crippen molar-refractivity contribution in [1.82, 2.24) is 20.2 Å². The molecule has 1 saturated carbocycles. The van der Waals surface area contributed by atoms with Crippen LogP contribution in [-0.4, -0.2) is 58.5 Å². The molecule has 2 fully saturated rings. The van der Waals surface area contributed by atoms with E-state index in [9.17, 15) is 4.79 Å². The van der Waals surface area contributed by atoms with Gasteiger partial charge in [-0.3, -0.25) is 4.79 Å². The molecule has 2 aromatic rings. The van der Waals surface area contributed by atoms with Gasteiger partial charge >= 0.3 is 0 Å². The molecule has 3 aliphatic rings. The number of piperazine rings is 1. The van der Waals surface area contributed by atoms with Crippen LogP contribution < -0.4 is 15.5 Å². The zero-order valence-electron chi connectivity index (χ0n) is 19.3. The highest BCUT2D eigenvalue weighted by Crippen LogP contribution is 2.44. The molecule has 2 aliphatic heterocycles. The van der Waals surface area contributed by atoms with Gasteiger partial charge in [0.2, 0.25) is 5.91 Å². The highest BCUT2D eigenvalue weighted by atomic mass is 35.5. The zero-order valence-corrected chi connectivity index (χ0v) is 20.1. The Hall–Kier alpha value is -2.64. The van der Waals surface area contributed by atoms with Crippen LogP contribution in [0.1, 0.15) is 50.2 Å². The highest BCUT2D eigenvalue weighted by Gasteiger charge is 2.52. The Morgan fingerprint density at radius 3 is 2.76 bits per heavy atom. The number of benzene rings is 1. The van der Waals surface area contributed by atoms with E-state index in [0.29, 0.717) is 30.2 Å². The van der Waals surface area contributed by atoms with E-state index < -0.39 is 0 Å². The van der Waals surface area contributed by atoms with Crippen LogP contribution in [0.25, 0.3) is 0 Å². The minimum absolute atomic E-state index is 0.195. The third-order valence-electron chi connectivity index (χ3n) is 6.89. The molecule has 1 amide bonds. The maximum atomic E-state index is 13.8. The number of hydrogen-bond donors (Lipinski definition) is 2. The molecule has 0 bridgehead atoms. The molecule has 1 aliphatic carbocycles. The second kappa shape index (κ2) is 8.95. The maximum absolute atomic E-state index is 13.8. The molecule has 1 aromatic heterocycles. The van der Waals surface area contributed by atoms with E-state index in [2.05, 4.69) is 57.2 Å². The predicted octanol–water partition coefficient (Wildman–Crippen LogP) is 3.74. The topological polar surface area (TPSA) is 73.4 Å². The summed E-state index contributed by atoms with van der Waals surface area (Å²) < 4.78 is 0. The van der Waals surface area contributed by atoms with Crippen LogP contribution in [0.4, 0.5) is 11.6 Å². The third kappa shape index (κ3) is 4.32. The second-order valence-corrected chi connectivity index (χ2v) is 9.95. The number of carbonyl (C=O) groups is 1. The summed E-state index contributed by atoms with van der Waals surface area (Å²) >= 11 is 6.10. The van der Waals surface area contributed by atoms with E-state index >= 15 is 0 Å². The number of aromatic nitrogens is 2. The lowest BCUT2D eigenvalue weighted by Crippen LogP contribution is -2.51. The van der Waals surface area contributed by atoms with Gasteiger partial charge in [-0.25, -0.2) is 9.97 Å². The van der Waals surface area contributed by atoms with Crippen molar-refractivity contribution in [1.29, 1.82) is 0 Å². The first kappa shape index (κ1) is 22.2. The van der Waals surface area contributed by atoms with Crippen molar-refractivity contribution in [3.05, 3.63) is 59.0 Å². The van der Waals surface area contributed by atoms with Crippen molar-refractivity contribution < 1.29 is 4.79 Å². The van der Waals surface area contributed by atoms with Crippen molar-refractivity contribution in [3.63, 3.8) is 0 Å². The Kier molecular flexibility index (Phi) is 6.01. The fourth-order valence-corrected chi connectivity index (χ4v) is 5.16. The van der Waals surface area contributed by atoms with Gasteiger partial charge in [0.05, 0.1) is 18.0 Å². The van der Waals surface area contributed by atoms with E-state index in [4.69, 9.17) is 11.6 Å². The largest absolute Gasteiger partial charge is 0.349 e. The summed E-state index contributed by atoms with van der Waals surface area (Å²) in [6.07, 6.45) is 6.70. The molecule has 4 atom stereocenters. The predicted molar refractivity (Wildman–Crippen MR) is 132 cm³/mol. The van der Waals surface area contributed by atoms with E-state index in [1.165, 1.54) is 0 Å². The van der Waals surface area contributed by atoms with Gasteiger partial charge in [0.1, 0.15) is 18.0 Å². The first-order valence-corrected chi connectivity index (χ1v) is 12.2. The summed E-state index contributed by atoms with van der Waals surface area (Å²) in [5, 5.41) is 7.39. The Morgan fingerprint density at radius 1 is 1.21 bits per heavy atom. The number of allylic oxidation sites excluding steroid dienone is 1. The number of hydrogen-bond acceptors (Lipinski definition) is 6. The summed E-state index contributed by atoms with van der Waals surface area (Å²) in [7, 11) is 0. The SMILES string of the molecule is CC(C)NC[C@@H](C(=O)N1CCN(c2ncnc3c2[C@H](C)C=CN3)[C@H]2C[C@H]21)c1ccc(Cl)cc1. The molecule has 0 radical (unpaired) electrons. The molecule has 7 nitrogen and oxygen atoms in total. The Labute approximate surface area is 200 Å². The molecule has 1 aromatic carbocycles. The minimum atomic E-state index is -0.223. The van der Waals surface area contributed by atoms with Crippen molar-refractivity contribution in [2.24, 2.45) is 0 Å². The van der Waals surface area contributed by atoms with Crippen LogP contribution in [0.15, 0.2) is 42.9 Å². The van der Waals surface area contributed by atoms with Crippen LogP contribution in [-0.2, 0) is 4.79 Å². The van der Waals surface area contributed by atoms with E-state index in [1.807, 2.05) is 30.5 Å². The van der Waals surface area contributed by atoms with Crippen molar-refractivity contribution in [2.75, 3.05) is 29.9 Å². The van der Waals surface area contributed by atoms with Gasteiger partial charge in [0.25, 0.3) is 0 Å². The van der Waals surface area contributed by atoms with Gasteiger partial charge < -0.3 is 20.4 Å². The number of carbonyl (C=O) groups excluding carboxylic acids is 1. The average Bonchev–Trinajstić information content (AvgIpc) is 3.60. The number of nitrogens with one attached hydrogen (secondary N) is 2. The monoisotopic (exact) mass is 466 g/mol. The summed E-state index contributed by atoms with van der Waals surface area (Å²) in [6.45, 7) is 8.47. The normalized spacial score (nSPS) is 24.2. The Bertz CT molecular complexity index is 1060. The van der Waals surface area contributed by atoms with Gasteiger partial charge in [-0.2, -0.15) is 0 Å². The molecule has 174 valence electrons. The van der Waals surface area contributed by atoms with E-state index in [0.717, 1.165) is 35.7 Å². The lowest BCUT2D eigenvalue weighted by Gasteiger charge is -2.38. The highest BCUT2D eigenvalue weighted by molar-refractivity contribution is 6.30. The van der Waals surface area contributed by atoms with Crippen LogP contribution in [0.2, 0.25) is 5.02 Å². The molecule has 33 heavy (non-hydrogen) atoms. The number of amides is 1. The summed E-state index contributed by atoms with van der Waals surface area (Å²) in [5.74, 6) is 2.11. The summed E-state index contributed by atoms with van der Waals surface area (Å²) in [4.78, 5) is 27.3. The molecule has 8 heteroatoms. The third-order valence-corrected chi connectivity index (χ3v) is 7.14. The van der Waals surface area contributed by atoms with Crippen LogP contribution in [0.5, 0.6) is 0 Å². The Balaban J connectivity index is 1.35. The maximum Gasteiger partial charge on any atom is 0.231 e. The average molecular weight is 467 g/mol. The fraction of sp³-hybridized carbons (Fsp3) is 0.480. The molecule has 0 spiro atoms. The van der Waals surface area contributed by atoms with Crippen LogP contribution >= 0.6 is 11.6 Å². The summed E-state index contributed by atoms with van der Waals surface area (Å²) in [6, 6.07) is 8.53.